The molecule has 1 aliphatic carbocycles. The van der Waals surface area contributed by atoms with Crippen LogP contribution in [-0.4, -0.2) is 41.3 Å². The van der Waals surface area contributed by atoms with Gasteiger partial charge in [-0.05, 0) is 37.9 Å². The molecular formula is C15H20ClFN2O. The Hall–Kier alpha value is -0.680. The van der Waals surface area contributed by atoms with E-state index in [2.05, 4.69) is 10.2 Å². The van der Waals surface area contributed by atoms with Crippen molar-refractivity contribution in [3.05, 3.63) is 34.6 Å². The highest BCUT2D eigenvalue weighted by Gasteiger charge is 2.38. The lowest BCUT2D eigenvalue weighted by Crippen LogP contribution is -2.45. The van der Waals surface area contributed by atoms with Gasteiger partial charge in [0.2, 0.25) is 0 Å². The van der Waals surface area contributed by atoms with Gasteiger partial charge in [-0.3, -0.25) is 4.90 Å². The van der Waals surface area contributed by atoms with Gasteiger partial charge in [0.05, 0.1) is 5.60 Å². The summed E-state index contributed by atoms with van der Waals surface area (Å²) in [7, 11) is 0. The van der Waals surface area contributed by atoms with Gasteiger partial charge in [0, 0.05) is 36.3 Å². The molecule has 0 radical (unpaired) electrons. The van der Waals surface area contributed by atoms with Crippen molar-refractivity contribution in [2.75, 3.05) is 19.6 Å². The minimum absolute atomic E-state index is 0.264. The second kappa shape index (κ2) is 5.60. The van der Waals surface area contributed by atoms with Crippen LogP contribution in [0.5, 0.6) is 0 Å². The zero-order valence-corrected chi connectivity index (χ0v) is 12.2. The first-order valence-electron chi connectivity index (χ1n) is 7.17. The number of β-amino-alcohol motifs (C(OH)–C–C–N with tert-alkyl or cyclic N) is 1. The van der Waals surface area contributed by atoms with Crippen LogP contribution < -0.4 is 5.32 Å². The molecule has 1 aromatic carbocycles. The van der Waals surface area contributed by atoms with Crippen molar-refractivity contribution in [3.8, 4) is 0 Å². The Labute approximate surface area is 123 Å². The molecule has 5 heteroatoms. The highest BCUT2D eigenvalue weighted by Crippen LogP contribution is 2.32. The largest absolute Gasteiger partial charge is 0.387 e. The number of aliphatic hydroxyl groups is 1. The van der Waals surface area contributed by atoms with Crippen molar-refractivity contribution < 1.29 is 9.50 Å². The van der Waals surface area contributed by atoms with Crippen molar-refractivity contribution in [2.45, 2.75) is 37.5 Å². The summed E-state index contributed by atoms with van der Waals surface area (Å²) in [6.07, 6.45) is 2.99. The first kappa shape index (κ1) is 14.3. The van der Waals surface area contributed by atoms with E-state index in [9.17, 15) is 9.50 Å². The van der Waals surface area contributed by atoms with Crippen LogP contribution in [0.15, 0.2) is 18.2 Å². The van der Waals surface area contributed by atoms with Crippen LogP contribution in [0.1, 0.15) is 24.8 Å². The van der Waals surface area contributed by atoms with Crippen molar-refractivity contribution in [1.82, 2.24) is 10.2 Å². The number of hydrogen-bond acceptors (Lipinski definition) is 3. The predicted molar refractivity (Wildman–Crippen MR) is 77.3 cm³/mol. The highest BCUT2D eigenvalue weighted by molar-refractivity contribution is 6.31. The van der Waals surface area contributed by atoms with Crippen LogP contribution in [0, 0.1) is 5.82 Å². The van der Waals surface area contributed by atoms with Crippen molar-refractivity contribution in [1.29, 1.82) is 0 Å². The lowest BCUT2D eigenvalue weighted by Gasteiger charge is -2.31. The monoisotopic (exact) mass is 298 g/mol. The van der Waals surface area contributed by atoms with Crippen LogP contribution >= 0.6 is 11.6 Å². The van der Waals surface area contributed by atoms with Crippen LogP contribution in [0.3, 0.4) is 0 Å². The minimum atomic E-state index is -0.694. The van der Waals surface area contributed by atoms with Gasteiger partial charge in [-0.25, -0.2) is 4.39 Å². The van der Waals surface area contributed by atoms with Crippen LogP contribution in [-0.2, 0) is 6.54 Å². The summed E-state index contributed by atoms with van der Waals surface area (Å²) in [6.45, 7) is 2.50. The van der Waals surface area contributed by atoms with Gasteiger partial charge in [-0.2, -0.15) is 0 Å². The quantitative estimate of drug-likeness (QED) is 0.874. The molecule has 1 saturated heterocycles. The van der Waals surface area contributed by atoms with Gasteiger partial charge in [-0.1, -0.05) is 17.7 Å². The number of hydrogen-bond donors (Lipinski definition) is 2. The number of halogens is 2. The number of rotatable bonds is 5. The summed E-state index contributed by atoms with van der Waals surface area (Å²) in [6, 6.07) is 5.24. The average molecular weight is 299 g/mol. The predicted octanol–water partition coefficient (Wildman–Crippen LogP) is 2.17. The van der Waals surface area contributed by atoms with Gasteiger partial charge >= 0.3 is 0 Å². The smallest absolute Gasteiger partial charge is 0.129 e. The average Bonchev–Trinajstić information content (AvgIpc) is 3.16. The zero-order chi connectivity index (χ0) is 14.2. The zero-order valence-electron chi connectivity index (χ0n) is 11.4. The Morgan fingerprint density at radius 3 is 2.85 bits per heavy atom. The maximum atomic E-state index is 13.9. The molecule has 3 nitrogen and oxygen atoms in total. The Morgan fingerprint density at radius 2 is 2.25 bits per heavy atom. The summed E-state index contributed by atoms with van der Waals surface area (Å²) >= 11 is 6.11. The Balaban J connectivity index is 1.74. The normalized spacial score (nSPS) is 26.4. The standard InChI is InChI=1S/C15H20ClFN2O/c16-13-2-1-3-14(17)12(13)8-19(11-4-5-11)10-15(20)6-7-18-9-15/h1-3,11,18,20H,4-10H2. The third-order valence-electron chi connectivity index (χ3n) is 4.20. The fourth-order valence-corrected chi connectivity index (χ4v) is 3.11. The van der Waals surface area contributed by atoms with E-state index in [1.54, 1.807) is 12.1 Å². The third kappa shape index (κ3) is 3.14. The second-order valence-electron chi connectivity index (χ2n) is 5.99. The Bertz CT molecular complexity index is 467. The highest BCUT2D eigenvalue weighted by atomic mass is 35.5. The Morgan fingerprint density at radius 1 is 1.45 bits per heavy atom. The van der Waals surface area contributed by atoms with E-state index in [4.69, 9.17) is 11.6 Å². The molecule has 2 aliphatic rings. The maximum Gasteiger partial charge on any atom is 0.129 e. The molecule has 1 aromatic rings. The summed E-state index contributed by atoms with van der Waals surface area (Å²) in [5.74, 6) is -0.264. The van der Waals surface area contributed by atoms with Crippen molar-refractivity contribution in [2.24, 2.45) is 0 Å². The molecule has 1 atom stereocenters. The third-order valence-corrected chi connectivity index (χ3v) is 4.56. The molecule has 0 bridgehead atoms. The molecule has 1 unspecified atom stereocenters. The van der Waals surface area contributed by atoms with E-state index < -0.39 is 5.60 Å². The fourth-order valence-electron chi connectivity index (χ4n) is 2.88. The molecular weight excluding hydrogens is 279 g/mol. The molecule has 110 valence electrons. The molecule has 0 aromatic heterocycles. The minimum Gasteiger partial charge on any atom is -0.387 e. The fraction of sp³-hybridized carbons (Fsp3) is 0.600. The molecule has 20 heavy (non-hydrogen) atoms. The van der Waals surface area contributed by atoms with Crippen LogP contribution in [0.4, 0.5) is 4.39 Å². The van der Waals surface area contributed by atoms with Gasteiger partial charge in [0.25, 0.3) is 0 Å². The second-order valence-corrected chi connectivity index (χ2v) is 6.39. The van der Waals surface area contributed by atoms with Gasteiger partial charge < -0.3 is 10.4 Å². The summed E-state index contributed by atoms with van der Waals surface area (Å²) in [5.41, 5.74) is -0.157. The number of nitrogens with zero attached hydrogens (tertiary/aromatic N) is 1. The first-order valence-corrected chi connectivity index (χ1v) is 7.55. The first-order chi connectivity index (χ1) is 9.57. The number of benzene rings is 1. The van der Waals surface area contributed by atoms with Crippen molar-refractivity contribution >= 4 is 11.6 Å². The van der Waals surface area contributed by atoms with Gasteiger partial charge in [-0.15, -0.1) is 0 Å². The molecule has 2 N–H and O–H groups in total. The molecule has 1 heterocycles. The van der Waals surface area contributed by atoms with E-state index in [0.29, 0.717) is 36.3 Å². The van der Waals surface area contributed by atoms with E-state index >= 15 is 0 Å². The summed E-state index contributed by atoms with van der Waals surface area (Å²) in [4.78, 5) is 2.18. The van der Waals surface area contributed by atoms with Gasteiger partial charge in [0.15, 0.2) is 0 Å². The lowest BCUT2D eigenvalue weighted by atomic mass is 10.0. The molecule has 1 aliphatic heterocycles. The molecule has 3 rings (SSSR count). The molecule has 1 saturated carbocycles. The summed E-state index contributed by atoms with van der Waals surface area (Å²) in [5, 5.41) is 14.2. The maximum absolute atomic E-state index is 13.9. The molecule has 2 fully saturated rings. The van der Waals surface area contributed by atoms with E-state index in [0.717, 1.165) is 25.8 Å². The van der Waals surface area contributed by atoms with Crippen LogP contribution in [0.2, 0.25) is 5.02 Å². The topological polar surface area (TPSA) is 35.5 Å². The van der Waals surface area contributed by atoms with E-state index in [1.165, 1.54) is 6.07 Å². The van der Waals surface area contributed by atoms with E-state index in [1.807, 2.05) is 0 Å². The van der Waals surface area contributed by atoms with E-state index in [-0.39, 0.29) is 5.82 Å². The molecule has 0 amide bonds. The molecule has 0 spiro atoms. The summed E-state index contributed by atoms with van der Waals surface area (Å²) < 4.78 is 13.9. The van der Waals surface area contributed by atoms with Crippen LogP contribution in [0.25, 0.3) is 0 Å². The number of nitrogens with one attached hydrogen (secondary N) is 1. The Kier molecular flexibility index (Phi) is 4.00. The van der Waals surface area contributed by atoms with Crippen molar-refractivity contribution in [3.63, 3.8) is 0 Å². The lowest BCUT2D eigenvalue weighted by molar-refractivity contribution is 0.0152. The SMILES string of the molecule is OC1(CN(Cc2c(F)cccc2Cl)C2CC2)CCNC1. The van der Waals surface area contributed by atoms with Gasteiger partial charge in [0.1, 0.15) is 5.82 Å².